The lowest BCUT2D eigenvalue weighted by molar-refractivity contribution is -0.146. The maximum Gasteiger partial charge on any atom is 0.302 e. The molecule has 2 atom stereocenters. The van der Waals surface area contributed by atoms with E-state index in [0.717, 1.165) is 4.90 Å². The van der Waals surface area contributed by atoms with Crippen LogP contribution < -0.4 is 5.32 Å². The van der Waals surface area contributed by atoms with Crippen LogP contribution in [-0.2, 0) is 14.3 Å². The summed E-state index contributed by atoms with van der Waals surface area (Å²) in [5.74, 6) is -0.595. The molecular weight excluding hydrogens is 310 g/mol. The van der Waals surface area contributed by atoms with Crippen LogP contribution in [0.2, 0.25) is 0 Å². The molecule has 0 aliphatic rings. The SMILES string of the molecule is CC(=O)O[C@H](C)[C@@H](Sc1ccccc1)C(=O)Nc1ccccc1. The van der Waals surface area contributed by atoms with E-state index in [-0.39, 0.29) is 5.91 Å². The van der Waals surface area contributed by atoms with Crippen LogP contribution in [0, 0.1) is 0 Å². The summed E-state index contributed by atoms with van der Waals surface area (Å²) in [6, 6.07) is 18.8. The first-order chi connectivity index (χ1) is 11.1. The Balaban J connectivity index is 2.14. The highest BCUT2D eigenvalue weighted by atomic mass is 32.2. The number of anilines is 1. The lowest BCUT2D eigenvalue weighted by Gasteiger charge is -2.22. The Hall–Kier alpha value is -2.27. The zero-order chi connectivity index (χ0) is 16.7. The smallest absolute Gasteiger partial charge is 0.302 e. The molecule has 0 aliphatic carbocycles. The van der Waals surface area contributed by atoms with Gasteiger partial charge in [0.1, 0.15) is 11.4 Å². The van der Waals surface area contributed by atoms with E-state index in [1.165, 1.54) is 18.7 Å². The van der Waals surface area contributed by atoms with Crippen LogP contribution in [-0.4, -0.2) is 23.2 Å². The van der Waals surface area contributed by atoms with Crippen LogP contribution in [0.3, 0.4) is 0 Å². The number of benzene rings is 2. The van der Waals surface area contributed by atoms with Crippen molar-refractivity contribution in [1.29, 1.82) is 0 Å². The van der Waals surface area contributed by atoms with Crippen molar-refractivity contribution in [1.82, 2.24) is 0 Å². The molecular formula is C18H19NO3S. The lowest BCUT2D eigenvalue weighted by Crippen LogP contribution is -2.36. The van der Waals surface area contributed by atoms with Crippen molar-refractivity contribution in [3.8, 4) is 0 Å². The minimum absolute atomic E-state index is 0.196. The molecule has 0 aliphatic heterocycles. The molecule has 0 bridgehead atoms. The zero-order valence-corrected chi connectivity index (χ0v) is 13.9. The molecule has 0 unspecified atom stereocenters. The summed E-state index contributed by atoms with van der Waals surface area (Å²) >= 11 is 1.38. The van der Waals surface area contributed by atoms with Crippen molar-refractivity contribution in [3.63, 3.8) is 0 Å². The normalized spacial score (nSPS) is 13.0. The van der Waals surface area contributed by atoms with Gasteiger partial charge in [-0.05, 0) is 31.2 Å². The van der Waals surface area contributed by atoms with Crippen LogP contribution in [0.5, 0.6) is 0 Å². The number of para-hydroxylation sites is 1. The summed E-state index contributed by atoms with van der Waals surface area (Å²) in [5, 5.41) is 2.33. The maximum atomic E-state index is 12.6. The first-order valence-electron chi connectivity index (χ1n) is 7.31. The summed E-state index contributed by atoms with van der Waals surface area (Å²) in [7, 11) is 0. The number of nitrogens with one attached hydrogen (secondary N) is 1. The number of carbonyl (C=O) groups excluding carboxylic acids is 2. The van der Waals surface area contributed by atoms with E-state index in [9.17, 15) is 9.59 Å². The first kappa shape index (κ1) is 17.1. The van der Waals surface area contributed by atoms with Gasteiger partial charge in [0.2, 0.25) is 5.91 Å². The minimum Gasteiger partial charge on any atom is -0.461 e. The Morgan fingerprint density at radius 2 is 1.57 bits per heavy atom. The van der Waals surface area contributed by atoms with Gasteiger partial charge < -0.3 is 10.1 Å². The third kappa shape index (κ3) is 5.45. The molecule has 23 heavy (non-hydrogen) atoms. The largest absolute Gasteiger partial charge is 0.461 e. The molecule has 1 N–H and O–H groups in total. The monoisotopic (exact) mass is 329 g/mol. The summed E-state index contributed by atoms with van der Waals surface area (Å²) in [6.45, 7) is 3.07. The number of carbonyl (C=O) groups is 2. The molecule has 2 aromatic rings. The average molecular weight is 329 g/mol. The maximum absolute atomic E-state index is 12.6. The van der Waals surface area contributed by atoms with Crippen molar-refractivity contribution >= 4 is 29.3 Å². The topological polar surface area (TPSA) is 55.4 Å². The molecule has 0 heterocycles. The van der Waals surface area contributed by atoms with E-state index in [1.54, 1.807) is 6.92 Å². The summed E-state index contributed by atoms with van der Waals surface area (Å²) < 4.78 is 5.22. The van der Waals surface area contributed by atoms with Gasteiger partial charge >= 0.3 is 5.97 Å². The molecule has 4 nitrogen and oxygen atoms in total. The standard InChI is InChI=1S/C18H19NO3S/c1-13(22-14(2)20)17(23-16-11-7-4-8-12-16)18(21)19-15-9-5-3-6-10-15/h3-13,17H,1-2H3,(H,19,21)/t13-,17-/m1/s1. The van der Waals surface area contributed by atoms with Crippen LogP contribution in [0.15, 0.2) is 65.6 Å². The second-order valence-electron chi connectivity index (χ2n) is 5.02. The third-order valence-corrected chi connectivity index (χ3v) is 4.48. The Morgan fingerprint density at radius 1 is 1.00 bits per heavy atom. The van der Waals surface area contributed by atoms with Crippen LogP contribution >= 0.6 is 11.8 Å². The van der Waals surface area contributed by atoms with E-state index in [0.29, 0.717) is 5.69 Å². The van der Waals surface area contributed by atoms with Gasteiger partial charge in [-0.15, -0.1) is 11.8 Å². The second-order valence-corrected chi connectivity index (χ2v) is 6.24. The molecule has 2 aromatic carbocycles. The number of rotatable bonds is 6. The van der Waals surface area contributed by atoms with Gasteiger partial charge in [0, 0.05) is 17.5 Å². The fraction of sp³-hybridized carbons (Fsp3) is 0.222. The number of hydrogen-bond donors (Lipinski definition) is 1. The van der Waals surface area contributed by atoms with E-state index < -0.39 is 17.3 Å². The van der Waals surface area contributed by atoms with Gasteiger partial charge in [0.15, 0.2) is 0 Å². The lowest BCUT2D eigenvalue weighted by atomic mass is 10.2. The molecule has 0 aromatic heterocycles. The number of amides is 1. The second kappa shape index (κ2) is 8.39. The van der Waals surface area contributed by atoms with E-state index >= 15 is 0 Å². The molecule has 1 amide bonds. The Labute approximate surface area is 140 Å². The number of ether oxygens (including phenoxy) is 1. The molecule has 2 rings (SSSR count). The summed E-state index contributed by atoms with van der Waals surface area (Å²) in [5.41, 5.74) is 0.714. The van der Waals surface area contributed by atoms with Crippen molar-refractivity contribution in [2.45, 2.75) is 30.1 Å². The number of thioether (sulfide) groups is 1. The fourth-order valence-electron chi connectivity index (χ4n) is 2.07. The Morgan fingerprint density at radius 3 is 2.13 bits per heavy atom. The highest BCUT2D eigenvalue weighted by Crippen LogP contribution is 2.27. The predicted molar refractivity (Wildman–Crippen MR) is 92.4 cm³/mol. The predicted octanol–water partition coefficient (Wildman–Crippen LogP) is 3.74. The van der Waals surface area contributed by atoms with Crippen LogP contribution in [0.25, 0.3) is 0 Å². The Kier molecular flexibility index (Phi) is 6.23. The Bertz CT molecular complexity index is 646. The summed E-state index contributed by atoms with van der Waals surface area (Å²) in [6.07, 6.45) is -0.540. The van der Waals surface area contributed by atoms with Crippen molar-refractivity contribution < 1.29 is 14.3 Å². The highest BCUT2D eigenvalue weighted by molar-refractivity contribution is 8.00. The molecule has 0 fully saturated rings. The first-order valence-corrected chi connectivity index (χ1v) is 8.19. The molecule has 0 saturated carbocycles. The molecule has 120 valence electrons. The van der Waals surface area contributed by atoms with E-state index in [2.05, 4.69) is 5.32 Å². The van der Waals surface area contributed by atoms with Crippen molar-refractivity contribution in [2.24, 2.45) is 0 Å². The van der Waals surface area contributed by atoms with Gasteiger partial charge in [-0.1, -0.05) is 36.4 Å². The molecule has 0 saturated heterocycles. The van der Waals surface area contributed by atoms with E-state index in [4.69, 9.17) is 4.74 Å². The van der Waals surface area contributed by atoms with Gasteiger partial charge in [-0.3, -0.25) is 9.59 Å². The quantitative estimate of drug-likeness (QED) is 0.648. The van der Waals surface area contributed by atoms with Crippen LogP contribution in [0.4, 0.5) is 5.69 Å². The van der Waals surface area contributed by atoms with E-state index in [1.807, 2.05) is 60.7 Å². The third-order valence-electron chi connectivity index (χ3n) is 3.08. The highest BCUT2D eigenvalue weighted by Gasteiger charge is 2.28. The number of hydrogen-bond acceptors (Lipinski definition) is 4. The van der Waals surface area contributed by atoms with Crippen molar-refractivity contribution in [3.05, 3.63) is 60.7 Å². The van der Waals surface area contributed by atoms with Gasteiger partial charge in [0.25, 0.3) is 0 Å². The average Bonchev–Trinajstić information content (AvgIpc) is 2.53. The molecule has 5 heteroatoms. The van der Waals surface area contributed by atoms with Gasteiger partial charge in [0.05, 0.1) is 0 Å². The number of esters is 1. The summed E-state index contributed by atoms with van der Waals surface area (Å²) in [4.78, 5) is 24.8. The van der Waals surface area contributed by atoms with Gasteiger partial charge in [-0.25, -0.2) is 0 Å². The fourth-order valence-corrected chi connectivity index (χ4v) is 3.09. The zero-order valence-electron chi connectivity index (χ0n) is 13.1. The molecule has 0 spiro atoms. The minimum atomic E-state index is -0.540. The van der Waals surface area contributed by atoms with Crippen molar-refractivity contribution in [2.75, 3.05) is 5.32 Å². The van der Waals surface area contributed by atoms with Gasteiger partial charge in [-0.2, -0.15) is 0 Å². The van der Waals surface area contributed by atoms with Crippen LogP contribution in [0.1, 0.15) is 13.8 Å². The molecule has 0 radical (unpaired) electrons.